The van der Waals surface area contributed by atoms with Crippen LogP contribution in [0.25, 0.3) is 0 Å². The third-order valence-corrected chi connectivity index (χ3v) is 5.73. The summed E-state index contributed by atoms with van der Waals surface area (Å²) in [6.07, 6.45) is 8.07. The van der Waals surface area contributed by atoms with Gasteiger partial charge >= 0.3 is 0 Å². The van der Waals surface area contributed by atoms with Crippen LogP contribution in [0.3, 0.4) is 0 Å². The molecule has 0 amide bonds. The van der Waals surface area contributed by atoms with E-state index in [2.05, 4.69) is 23.5 Å². The van der Waals surface area contributed by atoms with Crippen LogP contribution < -0.4 is 11.1 Å². The van der Waals surface area contributed by atoms with E-state index in [1.807, 2.05) is 0 Å². The summed E-state index contributed by atoms with van der Waals surface area (Å²) in [5.41, 5.74) is 10.8. The number of anilines is 1. The monoisotopic (exact) mass is 242 g/mol. The summed E-state index contributed by atoms with van der Waals surface area (Å²) < 4.78 is 0. The second-order valence-electron chi connectivity index (χ2n) is 6.40. The minimum atomic E-state index is 0.455. The van der Waals surface area contributed by atoms with Crippen LogP contribution in [0, 0.1) is 5.92 Å². The van der Waals surface area contributed by atoms with Gasteiger partial charge in [-0.15, -0.1) is 0 Å². The van der Waals surface area contributed by atoms with Crippen LogP contribution in [0.2, 0.25) is 0 Å². The minimum absolute atomic E-state index is 0.455. The molecule has 0 spiro atoms. The Kier molecular flexibility index (Phi) is 2.25. The molecule has 1 heterocycles. The molecule has 0 aromatic heterocycles. The molecule has 0 radical (unpaired) electrons. The van der Waals surface area contributed by atoms with Crippen molar-refractivity contribution in [2.24, 2.45) is 5.92 Å². The topological polar surface area (TPSA) is 38.0 Å². The first kappa shape index (κ1) is 10.9. The number of fused-ring (bicyclic) bond motifs is 1. The molecule has 3 N–H and O–H groups in total. The molecule has 3 aliphatic rings. The van der Waals surface area contributed by atoms with Gasteiger partial charge in [0.2, 0.25) is 0 Å². The highest BCUT2D eigenvalue weighted by molar-refractivity contribution is 5.56. The van der Waals surface area contributed by atoms with E-state index < -0.39 is 0 Å². The zero-order valence-corrected chi connectivity index (χ0v) is 10.9. The van der Waals surface area contributed by atoms with E-state index in [4.69, 9.17) is 5.73 Å². The lowest BCUT2D eigenvalue weighted by Crippen LogP contribution is -2.59. The van der Waals surface area contributed by atoms with Gasteiger partial charge in [0.1, 0.15) is 0 Å². The average molecular weight is 242 g/mol. The Morgan fingerprint density at radius 1 is 1.22 bits per heavy atom. The number of hydrogen-bond donors (Lipinski definition) is 2. The lowest BCUT2D eigenvalue weighted by molar-refractivity contribution is 0.0800. The summed E-state index contributed by atoms with van der Waals surface area (Å²) in [6, 6.07) is 7.29. The van der Waals surface area contributed by atoms with Crippen LogP contribution in [0.4, 0.5) is 5.69 Å². The van der Waals surface area contributed by atoms with Crippen LogP contribution in [-0.4, -0.2) is 12.6 Å². The fourth-order valence-corrected chi connectivity index (χ4v) is 4.99. The number of nitrogens with one attached hydrogen (secondary N) is 1. The van der Waals surface area contributed by atoms with Crippen LogP contribution in [0.5, 0.6) is 0 Å². The maximum absolute atomic E-state index is 6.24. The fraction of sp³-hybridized carbons (Fsp3) is 0.625. The van der Waals surface area contributed by atoms with Gasteiger partial charge in [-0.1, -0.05) is 25.0 Å². The number of hydrogen-bond acceptors (Lipinski definition) is 2. The number of nitrogens with two attached hydrogens (primary N) is 1. The van der Waals surface area contributed by atoms with E-state index in [1.165, 1.54) is 44.2 Å². The summed E-state index contributed by atoms with van der Waals surface area (Å²) in [6.45, 7) is 1.19. The average Bonchev–Trinajstić information content (AvgIpc) is 2.40. The second-order valence-corrected chi connectivity index (χ2v) is 6.40. The summed E-state index contributed by atoms with van der Waals surface area (Å²) >= 11 is 0. The lowest BCUT2D eigenvalue weighted by atomic mass is 9.52. The van der Waals surface area contributed by atoms with Gasteiger partial charge in [-0.05, 0) is 55.3 Å². The summed E-state index contributed by atoms with van der Waals surface area (Å²) in [7, 11) is 0. The third-order valence-electron chi connectivity index (χ3n) is 5.73. The zero-order valence-electron chi connectivity index (χ0n) is 10.9. The number of nitrogen functional groups attached to an aromatic ring is 1. The first-order chi connectivity index (χ1) is 8.81. The molecule has 1 saturated carbocycles. The Hall–Kier alpha value is -1.02. The van der Waals surface area contributed by atoms with E-state index >= 15 is 0 Å². The Morgan fingerprint density at radius 2 is 2.17 bits per heavy atom. The quantitative estimate of drug-likeness (QED) is 0.686. The molecule has 1 saturated heterocycles. The predicted octanol–water partition coefficient (Wildman–Crippen LogP) is 2.61. The van der Waals surface area contributed by atoms with Crippen molar-refractivity contribution in [1.82, 2.24) is 5.32 Å². The zero-order chi connectivity index (χ0) is 12.2. The predicted molar refractivity (Wildman–Crippen MR) is 74.6 cm³/mol. The molecule has 2 fully saturated rings. The Morgan fingerprint density at radius 3 is 3.11 bits per heavy atom. The van der Waals surface area contributed by atoms with Crippen molar-refractivity contribution in [3.63, 3.8) is 0 Å². The first-order valence-electron chi connectivity index (χ1n) is 7.42. The molecule has 2 heteroatoms. The largest absolute Gasteiger partial charge is 0.398 e. The molecule has 3 atom stereocenters. The van der Waals surface area contributed by atoms with E-state index in [0.29, 0.717) is 11.5 Å². The lowest BCUT2D eigenvalue weighted by Gasteiger charge is -2.56. The maximum Gasteiger partial charge on any atom is 0.0350 e. The molecule has 18 heavy (non-hydrogen) atoms. The number of piperidine rings is 1. The molecule has 2 nitrogen and oxygen atoms in total. The van der Waals surface area contributed by atoms with Gasteiger partial charge < -0.3 is 11.1 Å². The molecule has 0 unspecified atom stereocenters. The highest BCUT2D eigenvalue weighted by atomic mass is 15.0. The van der Waals surface area contributed by atoms with Crippen molar-refractivity contribution in [2.75, 3.05) is 12.3 Å². The van der Waals surface area contributed by atoms with Gasteiger partial charge in [0.05, 0.1) is 0 Å². The van der Waals surface area contributed by atoms with Gasteiger partial charge in [0.15, 0.2) is 0 Å². The second kappa shape index (κ2) is 3.74. The van der Waals surface area contributed by atoms with Gasteiger partial charge in [-0.3, -0.25) is 0 Å². The normalized spacial score (nSPS) is 37.8. The van der Waals surface area contributed by atoms with Gasteiger partial charge in [-0.2, -0.15) is 0 Å². The molecular weight excluding hydrogens is 220 g/mol. The standard InChI is InChI=1S/C16H22N2/c17-14-6-3-5-12-11(14)10-15-13-4-1-2-7-16(12,13)8-9-18-15/h3,5-6,13,15,18H,1-2,4,7-10,17H2/t13-,15+,16-/m0/s1. The Bertz CT molecular complexity index is 478. The molecule has 96 valence electrons. The molecule has 1 aromatic rings. The smallest absolute Gasteiger partial charge is 0.0350 e. The summed E-state index contributed by atoms with van der Waals surface area (Å²) in [4.78, 5) is 0. The Labute approximate surface area is 109 Å². The van der Waals surface area contributed by atoms with Crippen LogP contribution in [0.1, 0.15) is 43.2 Å². The van der Waals surface area contributed by atoms with E-state index in [0.717, 1.165) is 18.0 Å². The minimum Gasteiger partial charge on any atom is -0.398 e. The molecule has 1 aliphatic heterocycles. The highest BCUT2D eigenvalue weighted by Gasteiger charge is 2.51. The van der Waals surface area contributed by atoms with Crippen molar-refractivity contribution in [3.8, 4) is 0 Å². The SMILES string of the molecule is Nc1cccc2c1C[C@H]1NCC[C@@]23CCCC[C@@H]13. The van der Waals surface area contributed by atoms with Crippen LogP contribution in [-0.2, 0) is 11.8 Å². The van der Waals surface area contributed by atoms with E-state index in [9.17, 15) is 0 Å². The van der Waals surface area contributed by atoms with Crippen molar-refractivity contribution in [1.29, 1.82) is 0 Å². The van der Waals surface area contributed by atoms with Crippen LogP contribution >= 0.6 is 0 Å². The van der Waals surface area contributed by atoms with Crippen molar-refractivity contribution < 1.29 is 0 Å². The molecular formula is C16H22N2. The van der Waals surface area contributed by atoms with Gasteiger partial charge in [0.25, 0.3) is 0 Å². The highest BCUT2D eigenvalue weighted by Crippen LogP contribution is 2.54. The van der Waals surface area contributed by atoms with Crippen molar-refractivity contribution in [3.05, 3.63) is 29.3 Å². The number of benzene rings is 1. The summed E-state index contributed by atoms with van der Waals surface area (Å²) in [5.74, 6) is 0.856. The molecule has 2 bridgehead atoms. The van der Waals surface area contributed by atoms with Crippen molar-refractivity contribution in [2.45, 2.75) is 50.0 Å². The van der Waals surface area contributed by atoms with Gasteiger partial charge in [-0.25, -0.2) is 0 Å². The Balaban J connectivity index is 1.93. The maximum atomic E-state index is 6.24. The van der Waals surface area contributed by atoms with E-state index in [1.54, 1.807) is 5.56 Å². The fourth-order valence-electron chi connectivity index (χ4n) is 4.99. The number of rotatable bonds is 0. The third kappa shape index (κ3) is 1.27. The van der Waals surface area contributed by atoms with E-state index in [-0.39, 0.29) is 0 Å². The molecule has 1 aromatic carbocycles. The van der Waals surface area contributed by atoms with Gasteiger partial charge in [0, 0.05) is 17.1 Å². The summed E-state index contributed by atoms with van der Waals surface area (Å²) in [5, 5.41) is 3.76. The first-order valence-corrected chi connectivity index (χ1v) is 7.42. The molecule has 2 aliphatic carbocycles. The van der Waals surface area contributed by atoms with Crippen LogP contribution in [0.15, 0.2) is 18.2 Å². The van der Waals surface area contributed by atoms with Crippen molar-refractivity contribution >= 4 is 5.69 Å². The molecule has 4 rings (SSSR count).